The summed E-state index contributed by atoms with van der Waals surface area (Å²) in [5.74, 6) is -0.153. The van der Waals surface area contributed by atoms with Gasteiger partial charge in [0.05, 0.1) is 10.6 Å². The number of hydrogen-bond acceptors (Lipinski definition) is 7. The van der Waals surface area contributed by atoms with E-state index < -0.39 is 5.82 Å². The normalized spacial score (nSPS) is 18.9. The van der Waals surface area contributed by atoms with Crippen LogP contribution >= 0.6 is 11.6 Å². The Bertz CT molecular complexity index is 1920. The van der Waals surface area contributed by atoms with E-state index in [1.54, 1.807) is 22.9 Å². The van der Waals surface area contributed by atoms with Gasteiger partial charge in [-0.15, -0.1) is 0 Å². The molecule has 0 radical (unpaired) electrons. The molecule has 9 nitrogen and oxygen atoms in total. The standard InChI is InChI=1S/C38H47ClFN7O2/c1-23-20-26(12-15-31(23)46-18-16-45(6)17-19-46)43-37-41-22-29-24(2)33(28-8-7-9-30(40)34(28)39)36(49)47(35(29)44-37)27-13-10-25(11-14-27)42-32(48)21-38(3,4)5/h7-9,12,15,20,22,25,27H,10-11,13-14,16-19,21H2,1-6H3,(H,42,48)(H,41,43,44). The number of benzene rings is 2. The number of carbonyl (C=O) groups excluding carboxylic acids is 1. The minimum absolute atomic E-state index is 0.0413. The lowest BCUT2D eigenvalue weighted by Crippen LogP contribution is -2.44. The van der Waals surface area contributed by atoms with Crippen LogP contribution in [0.5, 0.6) is 0 Å². The molecule has 1 aliphatic carbocycles. The number of nitrogens with zero attached hydrogens (tertiary/aromatic N) is 5. The maximum atomic E-state index is 14.7. The van der Waals surface area contributed by atoms with E-state index in [0.29, 0.717) is 52.9 Å². The van der Waals surface area contributed by atoms with Crippen LogP contribution in [-0.4, -0.2) is 64.6 Å². The summed E-state index contributed by atoms with van der Waals surface area (Å²) in [6.45, 7) is 14.2. The van der Waals surface area contributed by atoms with Crippen molar-refractivity contribution in [1.29, 1.82) is 0 Å². The van der Waals surface area contributed by atoms with Gasteiger partial charge in [0.1, 0.15) is 11.5 Å². The predicted octanol–water partition coefficient (Wildman–Crippen LogP) is 7.40. The molecular weight excluding hydrogens is 641 g/mol. The Kier molecular flexibility index (Phi) is 10.0. The third-order valence-electron chi connectivity index (χ3n) is 9.84. The maximum absolute atomic E-state index is 14.7. The number of rotatable bonds is 7. The molecule has 1 aliphatic heterocycles. The van der Waals surface area contributed by atoms with E-state index in [9.17, 15) is 14.0 Å². The Hall–Kier alpha value is -4.02. The fourth-order valence-electron chi connectivity index (χ4n) is 7.25. The molecule has 1 amide bonds. The average Bonchev–Trinajstić information content (AvgIpc) is 3.03. The lowest BCUT2D eigenvalue weighted by Gasteiger charge is -2.35. The van der Waals surface area contributed by atoms with E-state index in [2.05, 4.69) is 72.3 Å². The van der Waals surface area contributed by atoms with Gasteiger partial charge in [-0.2, -0.15) is 4.98 Å². The molecule has 2 aromatic heterocycles. The highest BCUT2D eigenvalue weighted by Gasteiger charge is 2.29. The Labute approximate surface area is 292 Å². The molecular formula is C38H47ClFN7O2. The van der Waals surface area contributed by atoms with Gasteiger partial charge in [0, 0.05) is 73.2 Å². The number of pyridine rings is 1. The number of aromatic nitrogens is 3. The lowest BCUT2D eigenvalue weighted by molar-refractivity contribution is -0.123. The van der Waals surface area contributed by atoms with Gasteiger partial charge >= 0.3 is 0 Å². The molecule has 6 rings (SSSR count). The van der Waals surface area contributed by atoms with Crippen LogP contribution in [0.15, 0.2) is 47.4 Å². The average molecular weight is 688 g/mol. The van der Waals surface area contributed by atoms with Crippen LogP contribution in [0.1, 0.15) is 70.0 Å². The molecule has 2 aromatic carbocycles. The van der Waals surface area contributed by atoms with Gasteiger partial charge < -0.3 is 20.4 Å². The van der Waals surface area contributed by atoms with Gasteiger partial charge in [0.2, 0.25) is 11.9 Å². The Balaban J connectivity index is 1.35. The first-order valence-electron chi connectivity index (χ1n) is 17.3. The van der Waals surface area contributed by atoms with Gasteiger partial charge in [-0.25, -0.2) is 9.37 Å². The van der Waals surface area contributed by atoms with Crippen LogP contribution in [0.2, 0.25) is 5.02 Å². The second-order valence-corrected chi connectivity index (χ2v) is 15.3. The van der Waals surface area contributed by atoms with Crippen LogP contribution in [0.3, 0.4) is 0 Å². The van der Waals surface area contributed by atoms with E-state index in [0.717, 1.165) is 50.3 Å². The number of fused-ring (bicyclic) bond motifs is 1. The summed E-state index contributed by atoms with van der Waals surface area (Å²) in [6.07, 6.45) is 5.00. The van der Waals surface area contributed by atoms with Crippen LogP contribution < -0.4 is 21.1 Å². The van der Waals surface area contributed by atoms with Gasteiger partial charge in [-0.1, -0.05) is 44.5 Å². The molecule has 2 fully saturated rings. The van der Waals surface area contributed by atoms with Crippen LogP contribution in [0, 0.1) is 25.1 Å². The van der Waals surface area contributed by atoms with Crippen molar-refractivity contribution in [2.45, 2.75) is 78.8 Å². The lowest BCUT2D eigenvalue weighted by atomic mass is 9.88. The number of amides is 1. The summed E-state index contributed by atoms with van der Waals surface area (Å²) in [7, 11) is 2.15. The number of likely N-dealkylation sites (N-methyl/N-ethyl adjacent to an activating group) is 1. The molecule has 0 bridgehead atoms. The van der Waals surface area contributed by atoms with E-state index in [-0.39, 0.29) is 34.0 Å². The van der Waals surface area contributed by atoms with Crippen molar-refractivity contribution in [2.75, 3.05) is 43.4 Å². The maximum Gasteiger partial charge on any atom is 0.260 e. The fraction of sp³-hybridized carbons (Fsp3) is 0.474. The van der Waals surface area contributed by atoms with Gasteiger partial charge in [-0.3, -0.25) is 14.2 Å². The number of carbonyl (C=O) groups is 1. The number of hydrogen-bond donors (Lipinski definition) is 2. The van der Waals surface area contributed by atoms with Crippen molar-refractivity contribution in [3.05, 3.63) is 74.9 Å². The molecule has 49 heavy (non-hydrogen) atoms. The number of halogens is 2. The fourth-order valence-corrected chi connectivity index (χ4v) is 7.47. The van der Waals surface area contributed by atoms with Gasteiger partial charge in [0.25, 0.3) is 5.56 Å². The Morgan fingerprint density at radius 3 is 2.43 bits per heavy atom. The summed E-state index contributed by atoms with van der Waals surface area (Å²) in [5.41, 5.74) is 4.72. The molecule has 0 atom stereocenters. The van der Waals surface area contributed by atoms with Crippen molar-refractivity contribution in [2.24, 2.45) is 5.41 Å². The largest absolute Gasteiger partial charge is 0.369 e. The first-order valence-corrected chi connectivity index (χ1v) is 17.6. The van der Waals surface area contributed by atoms with Crippen molar-refractivity contribution in [3.8, 4) is 11.1 Å². The summed E-state index contributed by atoms with van der Waals surface area (Å²) < 4.78 is 16.4. The van der Waals surface area contributed by atoms with Crippen molar-refractivity contribution in [1.82, 2.24) is 24.8 Å². The smallest absolute Gasteiger partial charge is 0.260 e. The Morgan fingerprint density at radius 2 is 1.76 bits per heavy atom. The number of anilines is 3. The Morgan fingerprint density at radius 1 is 1.04 bits per heavy atom. The zero-order valence-corrected chi connectivity index (χ0v) is 30.1. The molecule has 0 spiro atoms. The van der Waals surface area contributed by atoms with Gasteiger partial charge in [-0.05, 0) is 87.4 Å². The van der Waals surface area contributed by atoms with E-state index in [1.165, 1.54) is 11.8 Å². The SMILES string of the molecule is Cc1cc(Nc2ncc3c(C)c(-c4cccc(F)c4Cl)c(=O)n(C4CCC(NC(=O)CC(C)(C)C)CC4)c3n2)ccc1N1CCN(C)CC1. The zero-order chi connectivity index (χ0) is 35.0. The molecule has 1 saturated heterocycles. The molecule has 2 N–H and O–H groups in total. The third-order valence-corrected chi connectivity index (χ3v) is 10.2. The molecule has 4 aromatic rings. The quantitative estimate of drug-likeness (QED) is 0.209. The predicted molar refractivity (Wildman–Crippen MR) is 197 cm³/mol. The molecule has 11 heteroatoms. The van der Waals surface area contributed by atoms with Crippen molar-refractivity contribution < 1.29 is 9.18 Å². The topological polar surface area (TPSA) is 95.4 Å². The second-order valence-electron chi connectivity index (χ2n) is 14.9. The molecule has 2 aliphatic rings. The summed E-state index contributed by atoms with van der Waals surface area (Å²) in [6, 6.07) is 10.7. The van der Waals surface area contributed by atoms with Gasteiger partial charge in [0.15, 0.2) is 0 Å². The molecule has 3 heterocycles. The number of aryl methyl sites for hydroxylation is 2. The minimum Gasteiger partial charge on any atom is -0.369 e. The molecule has 0 unspecified atom stereocenters. The first kappa shape index (κ1) is 34.8. The van der Waals surface area contributed by atoms with Crippen molar-refractivity contribution >= 4 is 45.9 Å². The van der Waals surface area contributed by atoms with E-state index in [1.807, 2.05) is 13.0 Å². The van der Waals surface area contributed by atoms with E-state index >= 15 is 0 Å². The molecule has 260 valence electrons. The summed E-state index contributed by atoms with van der Waals surface area (Å²) in [5, 5.41) is 7.18. The van der Waals surface area contributed by atoms with Crippen LogP contribution in [0.4, 0.5) is 21.7 Å². The summed E-state index contributed by atoms with van der Waals surface area (Å²) >= 11 is 6.46. The second kappa shape index (κ2) is 14.1. The highest BCUT2D eigenvalue weighted by atomic mass is 35.5. The van der Waals surface area contributed by atoms with E-state index in [4.69, 9.17) is 16.6 Å². The monoisotopic (exact) mass is 687 g/mol. The third kappa shape index (κ3) is 7.60. The summed E-state index contributed by atoms with van der Waals surface area (Å²) in [4.78, 5) is 41.6. The van der Waals surface area contributed by atoms with Crippen LogP contribution in [-0.2, 0) is 4.79 Å². The number of nitrogens with one attached hydrogen (secondary N) is 2. The number of piperazine rings is 1. The highest BCUT2D eigenvalue weighted by Crippen LogP contribution is 2.36. The van der Waals surface area contributed by atoms with Crippen molar-refractivity contribution in [3.63, 3.8) is 0 Å². The minimum atomic E-state index is -0.583. The zero-order valence-electron chi connectivity index (χ0n) is 29.4. The molecule has 1 saturated carbocycles. The first-order chi connectivity index (χ1) is 23.3. The van der Waals surface area contributed by atoms with Crippen LogP contribution in [0.25, 0.3) is 22.2 Å². The highest BCUT2D eigenvalue weighted by molar-refractivity contribution is 6.33.